The molecule has 1 aliphatic heterocycles. The minimum atomic E-state index is -3.27. The van der Waals surface area contributed by atoms with Crippen molar-refractivity contribution in [3.05, 3.63) is 23.5 Å². The van der Waals surface area contributed by atoms with Crippen molar-refractivity contribution in [3.63, 3.8) is 0 Å². The van der Waals surface area contributed by atoms with E-state index in [2.05, 4.69) is 0 Å². The van der Waals surface area contributed by atoms with Crippen LogP contribution in [0.3, 0.4) is 0 Å². The summed E-state index contributed by atoms with van der Waals surface area (Å²) >= 11 is 0. The van der Waals surface area contributed by atoms with Crippen LogP contribution >= 0.6 is 0 Å². The number of piperazine rings is 1. The van der Waals surface area contributed by atoms with E-state index in [4.69, 9.17) is 10.8 Å². The maximum absolute atomic E-state index is 14.0. The van der Waals surface area contributed by atoms with Gasteiger partial charge in [-0.25, -0.2) is 17.6 Å². The van der Waals surface area contributed by atoms with Crippen molar-refractivity contribution in [2.24, 2.45) is 0 Å². The molecule has 1 heterocycles. The van der Waals surface area contributed by atoms with Crippen LogP contribution in [0, 0.1) is 5.82 Å². The fourth-order valence-corrected chi connectivity index (χ4v) is 3.09. The van der Waals surface area contributed by atoms with Gasteiger partial charge in [0.25, 0.3) is 0 Å². The van der Waals surface area contributed by atoms with E-state index in [-0.39, 0.29) is 43.1 Å². The van der Waals surface area contributed by atoms with Crippen molar-refractivity contribution >= 4 is 27.4 Å². The van der Waals surface area contributed by atoms with Gasteiger partial charge in [-0.2, -0.15) is 4.31 Å². The lowest BCUT2D eigenvalue weighted by molar-refractivity contribution is 0.0698. The topological polar surface area (TPSA) is 104 Å². The van der Waals surface area contributed by atoms with E-state index in [0.717, 1.165) is 12.3 Å². The molecule has 116 valence electrons. The molecule has 0 aromatic heterocycles. The Kier molecular flexibility index (Phi) is 4.06. The molecule has 1 fully saturated rings. The van der Waals surface area contributed by atoms with Crippen LogP contribution in [-0.4, -0.2) is 56.2 Å². The largest absolute Gasteiger partial charge is 0.478 e. The van der Waals surface area contributed by atoms with Gasteiger partial charge in [0.2, 0.25) is 10.0 Å². The average molecular weight is 317 g/mol. The fraction of sp³-hybridized carbons (Fsp3) is 0.417. The SMILES string of the molecule is CS(=O)(=O)N1CCN(c2cc(C(=O)O)c(N)cc2F)CC1. The molecule has 0 radical (unpaired) electrons. The van der Waals surface area contributed by atoms with Crippen LogP contribution in [0.1, 0.15) is 10.4 Å². The van der Waals surface area contributed by atoms with Crippen LogP contribution in [0.15, 0.2) is 12.1 Å². The van der Waals surface area contributed by atoms with Crippen molar-refractivity contribution in [2.75, 3.05) is 43.1 Å². The van der Waals surface area contributed by atoms with Gasteiger partial charge in [-0.15, -0.1) is 0 Å². The summed E-state index contributed by atoms with van der Waals surface area (Å²) in [7, 11) is -3.27. The molecule has 1 aromatic carbocycles. The number of carboxylic acid groups (broad SMARTS) is 1. The molecule has 0 aliphatic carbocycles. The number of hydrogen-bond donors (Lipinski definition) is 2. The highest BCUT2D eigenvalue weighted by Crippen LogP contribution is 2.26. The molecule has 21 heavy (non-hydrogen) atoms. The number of carboxylic acids is 1. The van der Waals surface area contributed by atoms with E-state index in [0.29, 0.717) is 0 Å². The van der Waals surface area contributed by atoms with Gasteiger partial charge in [0.05, 0.1) is 17.5 Å². The third-order valence-electron chi connectivity index (χ3n) is 3.40. The molecule has 0 saturated carbocycles. The number of hydrogen-bond acceptors (Lipinski definition) is 5. The van der Waals surface area contributed by atoms with Gasteiger partial charge >= 0.3 is 5.97 Å². The van der Waals surface area contributed by atoms with Gasteiger partial charge < -0.3 is 15.7 Å². The predicted molar refractivity (Wildman–Crippen MR) is 76.4 cm³/mol. The van der Waals surface area contributed by atoms with Crippen LogP contribution in [-0.2, 0) is 10.0 Å². The van der Waals surface area contributed by atoms with E-state index in [1.165, 1.54) is 10.4 Å². The average Bonchev–Trinajstić information content (AvgIpc) is 2.37. The van der Waals surface area contributed by atoms with Crippen molar-refractivity contribution in [2.45, 2.75) is 0 Å². The Morgan fingerprint density at radius 3 is 2.33 bits per heavy atom. The van der Waals surface area contributed by atoms with Crippen LogP contribution in [0.5, 0.6) is 0 Å². The van der Waals surface area contributed by atoms with Crippen LogP contribution in [0.4, 0.5) is 15.8 Å². The van der Waals surface area contributed by atoms with Crippen LogP contribution in [0.2, 0.25) is 0 Å². The molecule has 0 amide bonds. The standard InChI is InChI=1S/C12H16FN3O4S/c1-21(19,20)16-4-2-15(3-5-16)11-6-8(12(17)18)10(14)7-9(11)13/h6-7H,2-5,14H2,1H3,(H,17,18). The third-order valence-corrected chi connectivity index (χ3v) is 4.70. The highest BCUT2D eigenvalue weighted by atomic mass is 32.2. The zero-order chi connectivity index (χ0) is 15.8. The first-order valence-corrected chi connectivity index (χ1v) is 8.07. The Morgan fingerprint density at radius 1 is 1.29 bits per heavy atom. The lowest BCUT2D eigenvalue weighted by atomic mass is 10.1. The summed E-state index contributed by atoms with van der Waals surface area (Å²) < 4.78 is 38.1. The summed E-state index contributed by atoms with van der Waals surface area (Å²) in [5.74, 6) is -1.85. The number of nitrogen functional groups attached to an aromatic ring is 1. The smallest absolute Gasteiger partial charge is 0.337 e. The number of aromatic carboxylic acids is 1. The Hall–Kier alpha value is -1.87. The monoisotopic (exact) mass is 317 g/mol. The Morgan fingerprint density at radius 2 is 1.86 bits per heavy atom. The molecule has 7 nitrogen and oxygen atoms in total. The highest BCUT2D eigenvalue weighted by molar-refractivity contribution is 7.88. The highest BCUT2D eigenvalue weighted by Gasteiger charge is 2.26. The molecular weight excluding hydrogens is 301 g/mol. The van der Waals surface area contributed by atoms with Crippen LogP contribution in [0.25, 0.3) is 0 Å². The van der Waals surface area contributed by atoms with E-state index in [9.17, 15) is 17.6 Å². The maximum Gasteiger partial charge on any atom is 0.337 e. The number of benzene rings is 1. The number of rotatable bonds is 3. The Bertz CT molecular complexity index is 669. The Labute approximate surface area is 121 Å². The van der Waals surface area contributed by atoms with E-state index < -0.39 is 21.8 Å². The fourth-order valence-electron chi connectivity index (χ4n) is 2.27. The molecule has 1 aliphatic rings. The number of carbonyl (C=O) groups is 1. The summed E-state index contributed by atoms with van der Waals surface area (Å²) in [6, 6.07) is 2.16. The normalized spacial score (nSPS) is 17.0. The van der Waals surface area contributed by atoms with E-state index in [1.54, 1.807) is 4.90 Å². The second-order valence-corrected chi connectivity index (χ2v) is 6.83. The first-order chi connectivity index (χ1) is 9.70. The van der Waals surface area contributed by atoms with Gasteiger partial charge in [0.15, 0.2) is 0 Å². The molecule has 9 heteroatoms. The van der Waals surface area contributed by atoms with Crippen LogP contribution < -0.4 is 10.6 Å². The van der Waals surface area contributed by atoms with Gasteiger partial charge in [0, 0.05) is 31.9 Å². The van der Waals surface area contributed by atoms with Crippen molar-refractivity contribution in [1.29, 1.82) is 0 Å². The zero-order valence-corrected chi connectivity index (χ0v) is 12.2. The Balaban J connectivity index is 2.24. The summed E-state index contributed by atoms with van der Waals surface area (Å²) in [6.45, 7) is 1.02. The molecule has 3 N–H and O–H groups in total. The third kappa shape index (κ3) is 3.24. The molecule has 0 atom stereocenters. The van der Waals surface area contributed by atoms with Gasteiger partial charge in [0.1, 0.15) is 5.82 Å². The maximum atomic E-state index is 14.0. The molecule has 1 aromatic rings. The van der Waals surface area contributed by atoms with E-state index in [1.807, 2.05) is 0 Å². The number of anilines is 2. The molecule has 2 rings (SSSR count). The lowest BCUT2D eigenvalue weighted by Crippen LogP contribution is -2.48. The van der Waals surface area contributed by atoms with Crippen molar-refractivity contribution in [3.8, 4) is 0 Å². The van der Waals surface area contributed by atoms with Gasteiger partial charge in [-0.1, -0.05) is 0 Å². The summed E-state index contributed by atoms with van der Waals surface area (Å²) in [5, 5.41) is 9.02. The van der Waals surface area contributed by atoms with E-state index >= 15 is 0 Å². The molecule has 0 unspecified atom stereocenters. The molecule has 0 bridgehead atoms. The second kappa shape index (κ2) is 5.49. The lowest BCUT2D eigenvalue weighted by Gasteiger charge is -2.35. The number of halogens is 1. The molecule has 1 saturated heterocycles. The molecular formula is C12H16FN3O4S. The van der Waals surface area contributed by atoms with Crippen molar-refractivity contribution < 1.29 is 22.7 Å². The summed E-state index contributed by atoms with van der Waals surface area (Å²) in [6.07, 6.45) is 1.12. The molecule has 0 spiro atoms. The minimum Gasteiger partial charge on any atom is -0.478 e. The quantitative estimate of drug-likeness (QED) is 0.771. The number of nitrogens with zero attached hydrogens (tertiary/aromatic N) is 2. The summed E-state index contributed by atoms with van der Waals surface area (Å²) in [5.41, 5.74) is 5.28. The first-order valence-electron chi connectivity index (χ1n) is 6.22. The first kappa shape index (κ1) is 15.5. The number of nitrogens with two attached hydrogens (primary N) is 1. The zero-order valence-electron chi connectivity index (χ0n) is 11.4. The second-order valence-electron chi connectivity index (χ2n) is 4.85. The summed E-state index contributed by atoms with van der Waals surface area (Å²) in [4.78, 5) is 12.7. The number of sulfonamides is 1. The minimum absolute atomic E-state index is 0.120. The van der Waals surface area contributed by atoms with Gasteiger partial charge in [-0.3, -0.25) is 0 Å². The van der Waals surface area contributed by atoms with Crippen molar-refractivity contribution in [1.82, 2.24) is 4.31 Å². The predicted octanol–water partition coefficient (Wildman–Crippen LogP) is 0.188. The van der Waals surface area contributed by atoms with Gasteiger partial charge in [-0.05, 0) is 12.1 Å².